The Hall–Kier alpha value is -6.42. The van der Waals surface area contributed by atoms with Crippen LogP contribution in [0.15, 0.2) is 164 Å². The van der Waals surface area contributed by atoms with Crippen molar-refractivity contribution in [1.29, 1.82) is 0 Å². The fourth-order valence-electron chi connectivity index (χ4n) is 9.99. The molecule has 7 aromatic carbocycles. The minimum Gasteiger partial charge on any atom is -0.509 e. The van der Waals surface area contributed by atoms with Gasteiger partial charge in [-0.05, 0) is 97.5 Å². The molecule has 72 heavy (non-hydrogen) atoms. The van der Waals surface area contributed by atoms with Crippen LogP contribution in [0.5, 0.6) is 11.5 Å². The van der Waals surface area contributed by atoms with Crippen LogP contribution in [0.25, 0.3) is 27.6 Å². The molecular weight excluding hydrogens is 1060 g/mol. The van der Waals surface area contributed by atoms with Gasteiger partial charge in [0, 0.05) is 72.2 Å². The van der Waals surface area contributed by atoms with E-state index in [4.69, 9.17) is 9.72 Å². The standard InChI is InChI=1S/C66H67N4O.Pt/c1-62(2,3)46-25-20-26-51(35-46)68-43-69(57-32-28-49(39-60(57)68)66(12,13)45-23-18-15-19-24-45)52-36-50(64(7,8)9)37-54(41-52)71-53-29-31-56-55-30-27-48(65(10,11)44-21-16-14-17-22-44)38-58(55)70(59(56)42-53)61-40-47(33-34-67-61)63(4,5)6;/h14-40,43H,1-13H3;/q-3;. The summed E-state index contributed by atoms with van der Waals surface area (Å²) in [5.41, 5.74) is 14.1. The Bertz CT molecular complexity index is 3440. The number of hydrogen-bond donors (Lipinski definition) is 0. The van der Waals surface area contributed by atoms with E-state index >= 15 is 0 Å². The normalized spacial score (nSPS) is 13.4. The monoisotopic (exact) mass is 1130 g/mol. The van der Waals surface area contributed by atoms with E-state index in [1.807, 2.05) is 12.3 Å². The molecule has 0 radical (unpaired) electrons. The smallest absolute Gasteiger partial charge is 0.135 e. The van der Waals surface area contributed by atoms with Crippen LogP contribution in [-0.4, -0.2) is 9.55 Å². The second-order valence-corrected chi connectivity index (χ2v) is 23.6. The van der Waals surface area contributed by atoms with Crippen molar-refractivity contribution >= 4 is 44.6 Å². The van der Waals surface area contributed by atoms with Gasteiger partial charge < -0.3 is 19.1 Å². The molecule has 5 nitrogen and oxygen atoms in total. The summed E-state index contributed by atoms with van der Waals surface area (Å²) in [6, 6.07) is 64.8. The van der Waals surface area contributed by atoms with E-state index in [1.54, 1.807) is 0 Å². The summed E-state index contributed by atoms with van der Waals surface area (Å²) in [4.78, 5) is 9.64. The van der Waals surface area contributed by atoms with E-state index in [-0.39, 0.29) is 48.1 Å². The van der Waals surface area contributed by atoms with Crippen LogP contribution in [0.2, 0.25) is 0 Å². The molecule has 0 amide bonds. The first kappa shape index (κ1) is 50.5. The fourth-order valence-corrected chi connectivity index (χ4v) is 9.99. The molecule has 0 saturated heterocycles. The Labute approximate surface area is 443 Å². The van der Waals surface area contributed by atoms with Crippen LogP contribution < -0.4 is 14.5 Å². The molecule has 0 bridgehead atoms. The predicted molar refractivity (Wildman–Crippen MR) is 297 cm³/mol. The van der Waals surface area contributed by atoms with E-state index in [2.05, 4.69) is 275 Å². The summed E-state index contributed by atoms with van der Waals surface area (Å²) >= 11 is 0. The molecule has 6 heteroatoms. The minimum atomic E-state index is -0.233. The van der Waals surface area contributed by atoms with Crippen molar-refractivity contribution in [2.75, 3.05) is 9.80 Å². The maximum Gasteiger partial charge on any atom is 0.135 e. The molecule has 1 aliphatic heterocycles. The summed E-state index contributed by atoms with van der Waals surface area (Å²) in [7, 11) is 0. The van der Waals surface area contributed by atoms with Gasteiger partial charge in [-0.25, -0.2) is 4.98 Å². The first-order valence-electron chi connectivity index (χ1n) is 25.1. The fraction of sp³-hybridized carbons (Fsp3) is 0.273. The Morgan fingerprint density at radius 2 is 1.03 bits per heavy atom. The summed E-state index contributed by atoms with van der Waals surface area (Å²) < 4.78 is 9.26. The first-order valence-corrected chi connectivity index (χ1v) is 25.1. The molecular formula is C66H67N4OPt-3. The zero-order valence-corrected chi connectivity index (χ0v) is 46.5. The number of nitrogens with zero attached hydrogens (tertiary/aromatic N) is 4. The predicted octanol–water partition coefficient (Wildman–Crippen LogP) is 17.5. The SMILES string of the molecule is CC(C)(C)c1cc(Oc2[c-]c3c(cc2)c2ccc(C(C)(C)c4ccccc4)cc2n3-c2cc(C(C)(C)C)ccn2)[c-]c(N2[CH-]N(c3cccc(C(C)(C)C)c3)c3cc(C(C)(C)c4ccccc4)ccc32)c1.[Pt]. The first-order chi connectivity index (χ1) is 33.6. The molecule has 0 aliphatic carbocycles. The summed E-state index contributed by atoms with van der Waals surface area (Å²) in [5, 5.41) is 2.22. The molecule has 9 aromatic rings. The molecule has 370 valence electrons. The Balaban J connectivity index is 0.00000640. The quantitative estimate of drug-likeness (QED) is 0.135. The number of hydrogen-bond acceptors (Lipinski definition) is 4. The number of ether oxygens (including phenoxy) is 1. The third-order valence-electron chi connectivity index (χ3n) is 14.8. The van der Waals surface area contributed by atoms with Gasteiger partial charge in [-0.15, -0.1) is 53.6 Å². The van der Waals surface area contributed by atoms with Crippen molar-refractivity contribution in [2.45, 2.75) is 117 Å². The number of anilines is 4. The topological polar surface area (TPSA) is 33.5 Å². The van der Waals surface area contributed by atoms with Gasteiger partial charge in [0.25, 0.3) is 0 Å². The summed E-state index contributed by atoms with van der Waals surface area (Å²) in [5.74, 6) is 2.07. The Morgan fingerprint density at radius 3 is 1.67 bits per heavy atom. The second-order valence-electron chi connectivity index (χ2n) is 23.6. The number of aromatic nitrogens is 2. The van der Waals surface area contributed by atoms with Crippen molar-refractivity contribution in [2.24, 2.45) is 0 Å². The van der Waals surface area contributed by atoms with Crippen LogP contribution in [0, 0.1) is 18.8 Å². The van der Waals surface area contributed by atoms with Gasteiger partial charge in [-0.3, -0.25) is 0 Å². The maximum atomic E-state index is 6.99. The van der Waals surface area contributed by atoms with Gasteiger partial charge in [0.15, 0.2) is 0 Å². The zero-order chi connectivity index (χ0) is 50.3. The van der Waals surface area contributed by atoms with E-state index in [0.717, 1.165) is 55.9 Å². The molecule has 3 heterocycles. The van der Waals surface area contributed by atoms with Crippen LogP contribution in [0.3, 0.4) is 0 Å². The average Bonchev–Trinajstić information content (AvgIpc) is 3.89. The molecule has 1 aliphatic rings. The van der Waals surface area contributed by atoms with Crippen molar-refractivity contribution in [1.82, 2.24) is 9.55 Å². The number of benzene rings is 7. The van der Waals surface area contributed by atoms with Crippen LogP contribution in [0.1, 0.15) is 129 Å². The van der Waals surface area contributed by atoms with Crippen molar-refractivity contribution in [3.63, 3.8) is 0 Å². The average molecular weight is 1130 g/mol. The Morgan fingerprint density at radius 1 is 0.444 bits per heavy atom. The zero-order valence-electron chi connectivity index (χ0n) is 44.2. The van der Waals surface area contributed by atoms with Crippen molar-refractivity contribution in [3.8, 4) is 17.3 Å². The van der Waals surface area contributed by atoms with E-state index in [1.165, 1.54) is 33.4 Å². The molecule has 0 fully saturated rings. The molecule has 2 aromatic heterocycles. The van der Waals surface area contributed by atoms with Crippen LogP contribution in [-0.2, 0) is 48.1 Å². The van der Waals surface area contributed by atoms with E-state index in [9.17, 15) is 0 Å². The number of rotatable bonds is 9. The molecule has 0 N–H and O–H groups in total. The summed E-state index contributed by atoms with van der Waals surface area (Å²) in [6.45, 7) is 31.8. The third kappa shape index (κ3) is 9.42. The largest absolute Gasteiger partial charge is 0.509 e. The van der Waals surface area contributed by atoms with Gasteiger partial charge >= 0.3 is 0 Å². The molecule has 0 atom stereocenters. The minimum absolute atomic E-state index is 0. The molecule has 0 unspecified atom stereocenters. The van der Waals surface area contributed by atoms with Crippen LogP contribution >= 0.6 is 0 Å². The van der Waals surface area contributed by atoms with Crippen molar-refractivity contribution < 1.29 is 25.8 Å². The van der Waals surface area contributed by atoms with Gasteiger partial charge in [0.2, 0.25) is 0 Å². The number of fused-ring (bicyclic) bond motifs is 4. The third-order valence-corrected chi connectivity index (χ3v) is 14.8. The van der Waals surface area contributed by atoms with Gasteiger partial charge in [0.05, 0.1) is 0 Å². The second kappa shape index (κ2) is 18.6. The maximum absolute atomic E-state index is 6.99. The van der Waals surface area contributed by atoms with Gasteiger partial charge in [-0.2, -0.15) is 6.07 Å². The Kier molecular flexibility index (Phi) is 13.0. The van der Waals surface area contributed by atoms with E-state index in [0.29, 0.717) is 11.5 Å². The van der Waals surface area contributed by atoms with Crippen molar-refractivity contribution in [3.05, 3.63) is 222 Å². The molecule has 0 spiro atoms. The number of pyridine rings is 1. The van der Waals surface area contributed by atoms with E-state index < -0.39 is 0 Å². The summed E-state index contributed by atoms with van der Waals surface area (Å²) in [6.07, 6.45) is 1.93. The molecule has 0 saturated carbocycles. The van der Waals surface area contributed by atoms with Gasteiger partial charge in [-0.1, -0.05) is 187 Å². The molecule has 10 rings (SSSR count). The van der Waals surface area contributed by atoms with Crippen LogP contribution in [0.4, 0.5) is 22.7 Å². The van der Waals surface area contributed by atoms with Gasteiger partial charge in [0.1, 0.15) is 5.82 Å².